The van der Waals surface area contributed by atoms with Crippen molar-refractivity contribution in [3.63, 3.8) is 0 Å². The van der Waals surface area contributed by atoms with Crippen LogP contribution in [0.5, 0.6) is 0 Å². The van der Waals surface area contributed by atoms with Crippen LogP contribution < -0.4 is 10.2 Å². The van der Waals surface area contributed by atoms with E-state index in [4.69, 9.17) is 0 Å². The molecule has 2 N–H and O–H groups in total. The van der Waals surface area contributed by atoms with Crippen LogP contribution in [0.25, 0.3) is 0 Å². The first-order valence-electron chi connectivity index (χ1n) is 7.91. The first-order chi connectivity index (χ1) is 11.6. The molecule has 1 atom stereocenters. The highest BCUT2D eigenvalue weighted by Gasteiger charge is 2.31. The van der Waals surface area contributed by atoms with E-state index in [1.165, 1.54) is 16.7 Å². The molecule has 0 spiro atoms. The van der Waals surface area contributed by atoms with E-state index < -0.39 is 0 Å². The fraction of sp³-hybridized carbons (Fsp3) is 0.375. The van der Waals surface area contributed by atoms with Gasteiger partial charge in [-0.05, 0) is 31.9 Å². The number of thioether (sulfide) groups is 1. The molecule has 8 heteroatoms. The fourth-order valence-corrected chi connectivity index (χ4v) is 3.50. The van der Waals surface area contributed by atoms with Crippen molar-refractivity contribution in [3.8, 4) is 0 Å². The molecule has 2 heterocycles. The van der Waals surface area contributed by atoms with E-state index >= 15 is 0 Å². The summed E-state index contributed by atoms with van der Waals surface area (Å²) in [5.74, 6) is 1.09. The van der Waals surface area contributed by atoms with Crippen molar-refractivity contribution in [2.45, 2.75) is 36.1 Å². The Kier molecular flexibility index (Phi) is 3.76. The number of carbonyl (C=O) groups excluding carboxylic acids is 2. The first kappa shape index (κ1) is 15.2. The van der Waals surface area contributed by atoms with Crippen LogP contribution >= 0.6 is 11.8 Å². The Hall–Kier alpha value is -2.35. The molecular formula is C16H17N5O2S. The van der Waals surface area contributed by atoms with Crippen LogP contribution in [0.15, 0.2) is 29.4 Å². The highest BCUT2D eigenvalue weighted by molar-refractivity contribution is 8.00. The molecule has 1 aliphatic carbocycles. The van der Waals surface area contributed by atoms with E-state index in [1.54, 1.807) is 6.07 Å². The number of fused-ring (bicyclic) bond motifs is 1. The molecule has 1 aliphatic heterocycles. The predicted octanol–water partition coefficient (Wildman–Crippen LogP) is 2.15. The standard InChI is InChI=1S/C16H17N5O2S/c1-9(24-16-18-14(19-20-16)10-6-7-10)15(23)21-8-13(22)17-11-4-2-3-5-12(11)21/h2-5,9-10H,6-8H2,1H3,(H,17,22)(H,18,19,20). The van der Waals surface area contributed by atoms with Crippen molar-refractivity contribution in [2.75, 3.05) is 16.8 Å². The number of anilines is 2. The molecular weight excluding hydrogens is 326 g/mol. The highest BCUT2D eigenvalue weighted by atomic mass is 32.2. The monoisotopic (exact) mass is 343 g/mol. The number of hydrogen-bond donors (Lipinski definition) is 2. The minimum atomic E-state index is -0.383. The fourth-order valence-electron chi connectivity index (χ4n) is 2.71. The third-order valence-electron chi connectivity index (χ3n) is 4.11. The Balaban J connectivity index is 1.50. The topological polar surface area (TPSA) is 91.0 Å². The second kappa shape index (κ2) is 5.94. The van der Waals surface area contributed by atoms with Gasteiger partial charge in [0.1, 0.15) is 12.4 Å². The molecule has 0 saturated heterocycles. The van der Waals surface area contributed by atoms with E-state index in [0.717, 1.165) is 24.4 Å². The lowest BCUT2D eigenvalue weighted by atomic mass is 10.2. The van der Waals surface area contributed by atoms with E-state index in [9.17, 15) is 9.59 Å². The Labute approximate surface area is 143 Å². The molecule has 2 amide bonds. The number of H-pyrrole nitrogens is 1. The summed E-state index contributed by atoms with van der Waals surface area (Å²) in [5.41, 5.74) is 1.39. The van der Waals surface area contributed by atoms with E-state index in [2.05, 4.69) is 20.5 Å². The minimum Gasteiger partial charge on any atom is -0.323 e. The summed E-state index contributed by atoms with van der Waals surface area (Å²) >= 11 is 1.31. The maximum Gasteiger partial charge on any atom is 0.244 e. The zero-order valence-electron chi connectivity index (χ0n) is 13.2. The summed E-state index contributed by atoms with van der Waals surface area (Å²) in [6.07, 6.45) is 2.29. The van der Waals surface area contributed by atoms with Gasteiger partial charge in [0.15, 0.2) is 0 Å². The van der Waals surface area contributed by atoms with Crippen molar-refractivity contribution >= 4 is 35.0 Å². The van der Waals surface area contributed by atoms with Gasteiger partial charge in [0.05, 0.1) is 16.6 Å². The van der Waals surface area contributed by atoms with Crippen molar-refractivity contribution in [1.29, 1.82) is 0 Å². The largest absolute Gasteiger partial charge is 0.323 e. The van der Waals surface area contributed by atoms with Crippen LogP contribution in [0.3, 0.4) is 0 Å². The molecule has 1 saturated carbocycles. The number of amides is 2. The van der Waals surface area contributed by atoms with E-state index in [1.807, 2.05) is 25.1 Å². The number of benzene rings is 1. The maximum absolute atomic E-state index is 12.8. The van der Waals surface area contributed by atoms with Crippen LogP contribution in [-0.2, 0) is 9.59 Å². The van der Waals surface area contributed by atoms with Crippen LogP contribution in [0.1, 0.15) is 31.5 Å². The summed E-state index contributed by atoms with van der Waals surface area (Å²) in [6.45, 7) is 1.84. The van der Waals surface area contributed by atoms with Gasteiger partial charge in [0.2, 0.25) is 17.0 Å². The van der Waals surface area contributed by atoms with Crippen molar-refractivity contribution < 1.29 is 9.59 Å². The lowest BCUT2D eigenvalue weighted by Crippen LogP contribution is -2.45. The molecule has 1 aromatic carbocycles. The number of carbonyl (C=O) groups is 2. The minimum absolute atomic E-state index is 0.0298. The molecule has 7 nitrogen and oxygen atoms in total. The summed E-state index contributed by atoms with van der Waals surface area (Å²) in [5, 5.41) is 10.1. The maximum atomic E-state index is 12.8. The third-order valence-corrected chi connectivity index (χ3v) is 5.06. The van der Waals surface area contributed by atoms with Gasteiger partial charge in [-0.3, -0.25) is 19.6 Å². The molecule has 124 valence electrons. The summed E-state index contributed by atoms with van der Waals surface area (Å²) in [7, 11) is 0. The first-order valence-corrected chi connectivity index (χ1v) is 8.79. The van der Waals surface area contributed by atoms with Crippen molar-refractivity contribution in [2.24, 2.45) is 0 Å². The van der Waals surface area contributed by atoms with Gasteiger partial charge in [-0.15, -0.1) is 5.10 Å². The Morgan fingerprint density at radius 3 is 2.96 bits per heavy atom. The van der Waals surface area contributed by atoms with Gasteiger partial charge >= 0.3 is 0 Å². The third kappa shape index (κ3) is 2.89. The lowest BCUT2D eigenvalue weighted by molar-refractivity contribution is -0.121. The van der Waals surface area contributed by atoms with Crippen LogP contribution in [0.2, 0.25) is 0 Å². The molecule has 1 fully saturated rings. The van der Waals surface area contributed by atoms with Gasteiger partial charge in [-0.25, -0.2) is 4.98 Å². The molecule has 1 aromatic heterocycles. The van der Waals surface area contributed by atoms with Gasteiger partial charge < -0.3 is 5.32 Å². The zero-order chi connectivity index (χ0) is 16.7. The van der Waals surface area contributed by atoms with Crippen LogP contribution in [0.4, 0.5) is 11.4 Å². The van der Waals surface area contributed by atoms with Gasteiger partial charge in [0, 0.05) is 5.92 Å². The average Bonchev–Trinajstić information content (AvgIpc) is 3.33. The average molecular weight is 343 g/mol. The molecule has 2 aromatic rings. The number of nitrogens with one attached hydrogen (secondary N) is 2. The second-order valence-corrected chi connectivity index (χ2v) is 7.34. The number of nitrogens with zero attached hydrogens (tertiary/aromatic N) is 3. The molecule has 0 bridgehead atoms. The molecule has 24 heavy (non-hydrogen) atoms. The number of aromatic amines is 1. The Bertz CT molecular complexity index is 801. The van der Waals surface area contributed by atoms with Crippen molar-refractivity contribution in [1.82, 2.24) is 15.2 Å². The number of para-hydroxylation sites is 2. The highest BCUT2D eigenvalue weighted by Crippen LogP contribution is 2.38. The number of aromatic nitrogens is 3. The Morgan fingerprint density at radius 1 is 1.38 bits per heavy atom. The molecule has 4 rings (SSSR count). The summed E-state index contributed by atoms with van der Waals surface area (Å²) < 4.78 is 0. The van der Waals surface area contributed by atoms with Crippen molar-refractivity contribution in [3.05, 3.63) is 30.1 Å². The normalized spacial score (nSPS) is 18.0. The number of rotatable bonds is 4. The summed E-state index contributed by atoms with van der Waals surface area (Å²) in [6, 6.07) is 7.31. The second-order valence-electron chi connectivity index (χ2n) is 6.03. The van der Waals surface area contributed by atoms with Gasteiger partial charge in [-0.1, -0.05) is 23.9 Å². The van der Waals surface area contributed by atoms with E-state index in [-0.39, 0.29) is 23.6 Å². The quantitative estimate of drug-likeness (QED) is 0.830. The van der Waals surface area contributed by atoms with E-state index in [0.29, 0.717) is 16.8 Å². The van der Waals surface area contributed by atoms with Crippen LogP contribution in [0, 0.1) is 0 Å². The Morgan fingerprint density at radius 2 is 2.17 bits per heavy atom. The zero-order valence-corrected chi connectivity index (χ0v) is 14.0. The summed E-state index contributed by atoms with van der Waals surface area (Å²) in [4.78, 5) is 30.7. The SMILES string of the molecule is CC(Sc1n[nH]c(C2CC2)n1)C(=O)N1CC(=O)Nc2ccccc21. The predicted molar refractivity (Wildman–Crippen MR) is 91.1 cm³/mol. The smallest absolute Gasteiger partial charge is 0.244 e. The molecule has 1 unspecified atom stereocenters. The van der Waals surface area contributed by atoms with Gasteiger partial charge in [-0.2, -0.15) is 0 Å². The molecule has 0 radical (unpaired) electrons. The molecule has 2 aliphatic rings. The lowest BCUT2D eigenvalue weighted by Gasteiger charge is -2.30. The van der Waals surface area contributed by atoms with Crippen LogP contribution in [-0.4, -0.2) is 38.8 Å². The van der Waals surface area contributed by atoms with Gasteiger partial charge in [0.25, 0.3) is 0 Å². The number of hydrogen-bond acceptors (Lipinski definition) is 5.